The minimum absolute atomic E-state index is 0.0553. The SMILES string of the molecule is Cc1ccc(NC(=O)[C@H](C)c2cccc(C(=O)c3ccccc3)c2)nc1. The third-order valence-electron chi connectivity index (χ3n) is 4.24. The molecular weight excluding hydrogens is 324 g/mol. The largest absolute Gasteiger partial charge is 0.310 e. The Morgan fingerprint density at radius 3 is 2.35 bits per heavy atom. The van der Waals surface area contributed by atoms with Crippen LogP contribution in [0.5, 0.6) is 0 Å². The van der Waals surface area contributed by atoms with Gasteiger partial charge in [0, 0.05) is 17.3 Å². The summed E-state index contributed by atoms with van der Waals surface area (Å²) >= 11 is 0. The van der Waals surface area contributed by atoms with Crippen LogP contribution in [0.15, 0.2) is 72.9 Å². The first-order valence-corrected chi connectivity index (χ1v) is 8.48. The number of ketones is 1. The van der Waals surface area contributed by atoms with Crippen molar-refractivity contribution in [3.8, 4) is 0 Å². The maximum atomic E-state index is 12.6. The van der Waals surface area contributed by atoms with E-state index in [-0.39, 0.29) is 11.7 Å². The lowest BCUT2D eigenvalue weighted by molar-refractivity contribution is -0.117. The molecular formula is C22H20N2O2. The summed E-state index contributed by atoms with van der Waals surface area (Å²) in [6, 6.07) is 20.0. The number of carbonyl (C=O) groups excluding carboxylic acids is 2. The van der Waals surface area contributed by atoms with Gasteiger partial charge in [0.1, 0.15) is 5.82 Å². The highest BCUT2D eigenvalue weighted by Crippen LogP contribution is 2.20. The van der Waals surface area contributed by atoms with Gasteiger partial charge in [0.15, 0.2) is 5.78 Å². The first-order chi connectivity index (χ1) is 12.5. The fourth-order valence-electron chi connectivity index (χ4n) is 2.63. The van der Waals surface area contributed by atoms with E-state index in [0.717, 1.165) is 11.1 Å². The summed E-state index contributed by atoms with van der Waals surface area (Å²) in [5, 5.41) is 2.81. The predicted octanol–water partition coefficient (Wildman–Crippen LogP) is 4.36. The molecule has 26 heavy (non-hydrogen) atoms. The zero-order chi connectivity index (χ0) is 18.5. The van der Waals surface area contributed by atoms with Crippen LogP contribution in [0.3, 0.4) is 0 Å². The minimum atomic E-state index is -0.401. The number of aryl methyl sites for hydroxylation is 1. The van der Waals surface area contributed by atoms with Gasteiger partial charge in [-0.3, -0.25) is 9.59 Å². The molecule has 130 valence electrons. The molecule has 3 aromatic rings. The molecule has 1 amide bonds. The molecule has 3 rings (SSSR count). The Kier molecular flexibility index (Phi) is 5.23. The van der Waals surface area contributed by atoms with E-state index in [2.05, 4.69) is 10.3 Å². The summed E-state index contributed by atoms with van der Waals surface area (Å²) in [6.45, 7) is 3.76. The Morgan fingerprint density at radius 1 is 0.923 bits per heavy atom. The number of pyridine rings is 1. The van der Waals surface area contributed by atoms with E-state index in [4.69, 9.17) is 0 Å². The number of benzene rings is 2. The Bertz CT molecular complexity index is 918. The van der Waals surface area contributed by atoms with Crippen LogP contribution in [-0.2, 0) is 4.79 Å². The van der Waals surface area contributed by atoms with Crippen LogP contribution in [0.4, 0.5) is 5.82 Å². The predicted molar refractivity (Wildman–Crippen MR) is 102 cm³/mol. The fraction of sp³-hybridized carbons (Fsp3) is 0.136. The van der Waals surface area contributed by atoms with Crippen LogP contribution in [-0.4, -0.2) is 16.7 Å². The van der Waals surface area contributed by atoms with Gasteiger partial charge in [-0.15, -0.1) is 0 Å². The molecule has 4 heteroatoms. The average Bonchev–Trinajstić information content (AvgIpc) is 2.69. The van der Waals surface area contributed by atoms with Gasteiger partial charge >= 0.3 is 0 Å². The van der Waals surface area contributed by atoms with Gasteiger partial charge in [0.2, 0.25) is 5.91 Å². The van der Waals surface area contributed by atoms with E-state index in [1.54, 1.807) is 42.6 Å². The maximum absolute atomic E-state index is 12.6. The van der Waals surface area contributed by atoms with Crippen molar-refractivity contribution < 1.29 is 9.59 Å². The van der Waals surface area contributed by atoms with Gasteiger partial charge in [-0.25, -0.2) is 4.98 Å². The number of nitrogens with one attached hydrogen (secondary N) is 1. The molecule has 0 unspecified atom stereocenters. The number of hydrogen-bond acceptors (Lipinski definition) is 3. The highest BCUT2D eigenvalue weighted by atomic mass is 16.2. The molecule has 0 aliphatic heterocycles. The molecule has 1 heterocycles. The van der Waals surface area contributed by atoms with E-state index in [9.17, 15) is 9.59 Å². The summed E-state index contributed by atoms with van der Waals surface area (Å²) in [6.07, 6.45) is 1.71. The number of hydrogen-bond donors (Lipinski definition) is 1. The van der Waals surface area contributed by atoms with Crippen LogP contribution in [0.1, 0.15) is 39.9 Å². The van der Waals surface area contributed by atoms with Crippen molar-refractivity contribution in [2.75, 3.05) is 5.32 Å². The van der Waals surface area contributed by atoms with Crippen LogP contribution < -0.4 is 5.32 Å². The monoisotopic (exact) mass is 344 g/mol. The lowest BCUT2D eigenvalue weighted by Gasteiger charge is -2.13. The third-order valence-corrected chi connectivity index (χ3v) is 4.24. The van der Waals surface area contributed by atoms with Crippen molar-refractivity contribution in [3.63, 3.8) is 0 Å². The molecule has 1 aromatic heterocycles. The summed E-state index contributed by atoms with van der Waals surface area (Å²) in [4.78, 5) is 29.3. The first kappa shape index (κ1) is 17.5. The van der Waals surface area contributed by atoms with Crippen molar-refractivity contribution in [1.82, 2.24) is 4.98 Å². The van der Waals surface area contributed by atoms with E-state index in [0.29, 0.717) is 16.9 Å². The van der Waals surface area contributed by atoms with Crippen molar-refractivity contribution in [2.45, 2.75) is 19.8 Å². The Morgan fingerprint density at radius 2 is 1.65 bits per heavy atom. The highest BCUT2D eigenvalue weighted by Gasteiger charge is 2.18. The molecule has 2 aromatic carbocycles. The molecule has 0 saturated heterocycles. The van der Waals surface area contributed by atoms with Crippen molar-refractivity contribution in [3.05, 3.63) is 95.2 Å². The topological polar surface area (TPSA) is 59.1 Å². The zero-order valence-corrected chi connectivity index (χ0v) is 14.8. The van der Waals surface area contributed by atoms with E-state index >= 15 is 0 Å². The first-order valence-electron chi connectivity index (χ1n) is 8.48. The third kappa shape index (κ3) is 4.03. The van der Waals surface area contributed by atoms with Crippen molar-refractivity contribution >= 4 is 17.5 Å². The fourth-order valence-corrected chi connectivity index (χ4v) is 2.63. The Labute approximate surface area is 152 Å². The van der Waals surface area contributed by atoms with Crippen molar-refractivity contribution in [1.29, 1.82) is 0 Å². The summed E-state index contributed by atoms with van der Waals surface area (Å²) in [7, 11) is 0. The smallest absolute Gasteiger partial charge is 0.232 e. The number of rotatable bonds is 5. The Balaban J connectivity index is 1.77. The second-order valence-electron chi connectivity index (χ2n) is 6.25. The molecule has 4 nitrogen and oxygen atoms in total. The number of carbonyl (C=O) groups is 2. The number of amides is 1. The molecule has 1 atom stereocenters. The molecule has 0 aliphatic carbocycles. The van der Waals surface area contributed by atoms with Crippen molar-refractivity contribution in [2.24, 2.45) is 0 Å². The normalized spacial score (nSPS) is 11.6. The van der Waals surface area contributed by atoms with Gasteiger partial charge in [0.05, 0.1) is 5.92 Å². The number of anilines is 1. The quantitative estimate of drug-likeness (QED) is 0.700. The molecule has 0 bridgehead atoms. The second kappa shape index (κ2) is 7.74. The van der Waals surface area contributed by atoms with Gasteiger partial charge in [-0.05, 0) is 37.1 Å². The minimum Gasteiger partial charge on any atom is -0.310 e. The van der Waals surface area contributed by atoms with Crippen LogP contribution in [0, 0.1) is 6.92 Å². The summed E-state index contributed by atoms with van der Waals surface area (Å²) in [5.74, 6) is -0.100. The number of nitrogens with zero attached hydrogens (tertiary/aromatic N) is 1. The Hall–Kier alpha value is -3.27. The standard InChI is InChI=1S/C22H20N2O2/c1-15-11-12-20(23-14-15)24-22(26)16(2)18-9-6-10-19(13-18)21(25)17-7-4-3-5-8-17/h3-14,16H,1-2H3,(H,23,24,26)/t16-/m1/s1. The zero-order valence-electron chi connectivity index (χ0n) is 14.8. The van der Waals surface area contributed by atoms with Crippen LogP contribution in [0.2, 0.25) is 0 Å². The molecule has 0 spiro atoms. The van der Waals surface area contributed by atoms with Gasteiger partial charge in [-0.2, -0.15) is 0 Å². The molecule has 0 radical (unpaired) electrons. The van der Waals surface area contributed by atoms with Gasteiger partial charge in [0.25, 0.3) is 0 Å². The average molecular weight is 344 g/mol. The molecule has 0 fully saturated rings. The van der Waals surface area contributed by atoms with Gasteiger partial charge in [-0.1, -0.05) is 54.6 Å². The molecule has 0 saturated carbocycles. The highest BCUT2D eigenvalue weighted by molar-refractivity contribution is 6.09. The summed E-state index contributed by atoms with van der Waals surface area (Å²) < 4.78 is 0. The maximum Gasteiger partial charge on any atom is 0.232 e. The molecule has 0 aliphatic rings. The number of aromatic nitrogens is 1. The van der Waals surface area contributed by atoms with E-state index < -0.39 is 5.92 Å². The lowest BCUT2D eigenvalue weighted by Crippen LogP contribution is -2.19. The van der Waals surface area contributed by atoms with E-state index in [1.165, 1.54) is 0 Å². The van der Waals surface area contributed by atoms with E-state index in [1.807, 2.05) is 44.2 Å². The van der Waals surface area contributed by atoms with Crippen LogP contribution in [0.25, 0.3) is 0 Å². The molecule has 1 N–H and O–H groups in total. The van der Waals surface area contributed by atoms with Crippen LogP contribution >= 0.6 is 0 Å². The summed E-state index contributed by atoms with van der Waals surface area (Å²) in [5.41, 5.74) is 3.02. The van der Waals surface area contributed by atoms with Gasteiger partial charge < -0.3 is 5.32 Å². The lowest BCUT2D eigenvalue weighted by atomic mass is 9.95. The second-order valence-corrected chi connectivity index (χ2v) is 6.25.